The summed E-state index contributed by atoms with van der Waals surface area (Å²) in [6.07, 6.45) is 0.593. The van der Waals surface area contributed by atoms with Crippen LogP contribution in [-0.4, -0.2) is 18.4 Å². The summed E-state index contributed by atoms with van der Waals surface area (Å²) in [4.78, 5) is 11.5. The minimum atomic E-state index is -0.368. The van der Waals surface area contributed by atoms with Crippen LogP contribution in [0.4, 0.5) is 0 Å². The van der Waals surface area contributed by atoms with E-state index in [4.69, 9.17) is 11.5 Å². The third-order valence-corrected chi connectivity index (χ3v) is 2.29. The zero-order chi connectivity index (χ0) is 9.72. The van der Waals surface area contributed by atoms with Gasteiger partial charge in [-0.2, -0.15) is 0 Å². The summed E-state index contributed by atoms with van der Waals surface area (Å²) in [6.45, 7) is 6.45. The van der Waals surface area contributed by atoms with Gasteiger partial charge in [0, 0.05) is 5.92 Å². The van der Waals surface area contributed by atoms with E-state index in [0.717, 1.165) is 0 Å². The topological polar surface area (TPSA) is 69.1 Å². The molecule has 0 spiro atoms. The van der Waals surface area contributed by atoms with E-state index in [2.05, 4.69) is 0 Å². The average molecular weight is 172 g/mol. The van der Waals surface area contributed by atoms with E-state index >= 15 is 0 Å². The van der Waals surface area contributed by atoms with Gasteiger partial charge in [0.2, 0.25) is 0 Å². The fraction of sp³-hybridized carbons (Fsp3) is 0.889. The normalized spacial score (nSPS) is 16.2. The predicted molar refractivity (Wildman–Crippen MR) is 50.7 cm³/mol. The second kappa shape index (κ2) is 5.27. The van der Waals surface area contributed by atoms with Gasteiger partial charge in [-0.1, -0.05) is 20.8 Å². The van der Waals surface area contributed by atoms with Gasteiger partial charge in [-0.3, -0.25) is 4.79 Å². The number of rotatable bonds is 5. The molecule has 2 atom stereocenters. The van der Waals surface area contributed by atoms with Crippen LogP contribution in [0.2, 0.25) is 0 Å². The highest BCUT2D eigenvalue weighted by molar-refractivity contribution is 5.85. The molecule has 0 radical (unpaired) electrons. The maximum absolute atomic E-state index is 11.5. The average Bonchev–Trinajstić information content (AvgIpc) is 2.02. The molecule has 3 nitrogen and oxygen atoms in total. The smallest absolute Gasteiger partial charge is 0.152 e. The van der Waals surface area contributed by atoms with Crippen LogP contribution < -0.4 is 11.5 Å². The first kappa shape index (κ1) is 11.6. The van der Waals surface area contributed by atoms with Crippen molar-refractivity contribution < 1.29 is 4.79 Å². The standard InChI is InChI=1S/C9H20N2O/c1-6(2)7(3)9(12)8(11)4-5-10/h6-8H,4-5,10-11H2,1-3H3. The summed E-state index contributed by atoms with van der Waals surface area (Å²) < 4.78 is 0. The first-order chi connectivity index (χ1) is 5.50. The van der Waals surface area contributed by atoms with Crippen LogP contribution in [0.5, 0.6) is 0 Å². The molecule has 0 saturated carbocycles. The number of hydrogen-bond acceptors (Lipinski definition) is 3. The van der Waals surface area contributed by atoms with Gasteiger partial charge in [-0.15, -0.1) is 0 Å². The summed E-state index contributed by atoms with van der Waals surface area (Å²) in [5, 5.41) is 0. The Morgan fingerprint density at radius 3 is 2.17 bits per heavy atom. The van der Waals surface area contributed by atoms with Crippen molar-refractivity contribution in [2.75, 3.05) is 6.54 Å². The summed E-state index contributed by atoms with van der Waals surface area (Å²) in [5.74, 6) is 0.545. The maximum Gasteiger partial charge on any atom is 0.152 e. The molecule has 72 valence electrons. The maximum atomic E-state index is 11.5. The molecule has 2 unspecified atom stereocenters. The van der Waals surface area contributed by atoms with E-state index in [9.17, 15) is 4.79 Å². The summed E-state index contributed by atoms with van der Waals surface area (Å²) in [6, 6.07) is -0.368. The molecule has 0 aliphatic heterocycles. The van der Waals surface area contributed by atoms with Crippen LogP contribution >= 0.6 is 0 Å². The lowest BCUT2D eigenvalue weighted by Crippen LogP contribution is -2.37. The predicted octanol–water partition coefficient (Wildman–Crippen LogP) is 0.524. The van der Waals surface area contributed by atoms with E-state index in [1.165, 1.54) is 0 Å². The Morgan fingerprint density at radius 1 is 1.33 bits per heavy atom. The molecule has 0 aliphatic carbocycles. The van der Waals surface area contributed by atoms with E-state index in [1.807, 2.05) is 20.8 Å². The molecule has 0 heterocycles. The van der Waals surface area contributed by atoms with Gasteiger partial charge in [-0.25, -0.2) is 0 Å². The summed E-state index contributed by atoms with van der Waals surface area (Å²) >= 11 is 0. The molecule has 0 bridgehead atoms. The number of hydrogen-bond donors (Lipinski definition) is 2. The van der Waals surface area contributed by atoms with Crippen LogP contribution in [0, 0.1) is 11.8 Å². The Bertz CT molecular complexity index is 145. The monoisotopic (exact) mass is 172 g/mol. The molecule has 0 aliphatic rings. The first-order valence-corrected chi connectivity index (χ1v) is 4.50. The molecule has 0 rings (SSSR count). The molecule has 4 N–H and O–H groups in total. The molecule has 0 amide bonds. The number of ketones is 1. The van der Waals surface area contributed by atoms with E-state index in [0.29, 0.717) is 18.9 Å². The first-order valence-electron chi connectivity index (χ1n) is 4.50. The Kier molecular flexibility index (Phi) is 5.09. The Balaban J connectivity index is 4.00. The zero-order valence-corrected chi connectivity index (χ0v) is 8.21. The number of Topliss-reactive ketones (excluding diaryl/α,β-unsaturated/α-hetero) is 1. The van der Waals surface area contributed by atoms with Crippen LogP contribution in [0.25, 0.3) is 0 Å². The number of nitrogens with two attached hydrogens (primary N) is 2. The fourth-order valence-corrected chi connectivity index (χ4v) is 0.988. The van der Waals surface area contributed by atoms with Crippen molar-refractivity contribution in [1.82, 2.24) is 0 Å². The molecule has 3 heteroatoms. The molecule has 0 fully saturated rings. The largest absolute Gasteiger partial charge is 0.330 e. The van der Waals surface area contributed by atoms with Crippen LogP contribution in [-0.2, 0) is 4.79 Å². The van der Waals surface area contributed by atoms with E-state index in [-0.39, 0.29) is 17.7 Å². The van der Waals surface area contributed by atoms with Gasteiger partial charge in [-0.05, 0) is 18.9 Å². The Morgan fingerprint density at radius 2 is 1.83 bits per heavy atom. The quantitative estimate of drug-likeness (QED) is 0.635. The van der Waals surface area contributed by atoms with Crippen molar-refractivity contribution >= 4 is 5.78 Å². The lowest BCUT2D eigenvalue weighted by molar-refractivity contribution is -0.124. The molecule has 0 aromatic heterocycles. The van der Waals surface area contributed by atoms with E-state index in [1.54, 1.807) is 0 Å². The van der Waals surface area contributed by atoms with Gasteiger partial charge < -0.3 is 11.5 Å². The van der Waals surface area contributed by atoms with Crippen molar-refractivity contribution in [1.29, 1.82) is 0 Å². The molecular formula is C9H20N2O. The number of carbonyl (C=O) groups is 1. The van der Waals surface area contributed by atoms with Crippen molar-refractivity contribution in [3.63, 3.8) is 0 Å². The minimum absolute atomic E-state index is 0.0477. The molecule has 0 aromatic rings. The van der Waals surface area contributed by atoms with Crippen LogP contribution in [0.3, 0.4) is 0 Å². The third kappa shape index (κ3) is 3.32. The van der Waals surface area contributed by atoms with Crippen LogP contribution in [0.1, 0.15) is 27.2 Å². The van der Waals surface area contributed by atoms with Gasteiger partial charge in [0.05, 0.1) is 6.04 Å². The van der Waals surface area contributed by atoms with Gasteiger partial charge >= 0.3 is 0 Å². The second-order valence-electron chi connectivity index (χ2n) is 3.62. The summed E-state index contributed by atoms with van der Waals surface area (Å²) in [5.41, 5.74) is 10.9. The second-order valence-corrected chi connectivity index (χ2v) is 3.62. The highest BCUT2D eigenvalue weighted by Gasteiger charge is 2.21. The molecule has 0 saturated heterocycles. The van der Waals surface area contributed by atoms with Gasteiger partial charge in [0.15, 0.2) is 5.78 Å². The molecular weight excluding hydrogens is 152 g/mol. The lowest BCUT2D eigenvalue weighted by Gasteiger charge is -2.18. The molecule has 0 aromatic carbocycles. The van der Waals surface area contributed by atoms with Crippen molar-refractivity contribution in [2.45, 2.75) is 33.2 Å². The van der Waals surface area contributed by atoms with Gasteiger partial charge in [0.25, 0.3) is 0 Å². The lowest BCUT2D eigenvalue weighted by atomic mass is 9.89. The van der Waals surface area contributed by atoms with Crippen molar-refractivity contribution in [3.8, 4) is 0 Å². The zero-order valence-electron chi connectivity index (χ0n) is 8.21. The van der Waals surface area contributed by atoms with Crippen molar-refractivity contribution in [2.24, 2.45) is 23.3 Å². The number of carbonyl (C=O) groups excluding carboxylic acids is 1. The molecule has 12 heavy (non-hydrogen) atoms. The fourth-order valence-electron chi connectivity index (χ4n) is 0.988. The Hall–Kier alpha value is -0.410. The van der Waals surface area contributed by atoms with Crippen LogP contribution in [0.15, 0.2) is 0 Å². The van der Waals surface area contributed by atoms with Crippen molar-refractivity contribution in [3.05, 3.63) is 0 Å². The Labute approximate surface area is 74.5 Å². The summed E-state index contributed by atoms with van der Waals surface area (Å²) in [7, 11) is 0. The minimum Gasteiger partial charge on any atom is -0.330 e. The van der Waals surface area contributed by atoms with Gasteiger partial charge in [0.1, 0.15) is 0 Å². The van der Waals surface area contributed by atoms with E-state index < -0.39 is 0 Å². The third-order valence-electron chi connectivity index (χ3n) is 2.29. The highest BCUT2D eigenvalue weighted by Crippen LogP contribution is 2.12. The SMILES string of the molecule is CC(C)C(C)C(=O)C(N)CCN. The highest BCUT2D eigenvalue weighted by atomic mass is 16.1.